The molecule has 0 radical (unpaired) electrons. The minimum absolute atomic E-state index is 0. The predicted molar refractivity (Wildman–Crippen MR) is 72.7 cm³/mol. The van der Waals surface area contributed by atoms with Crippen LogP contribution in [0.2, 0.25) is 0 Å². The Hall–Kier alpha value is -0.460. The van der Waals surface area contributed by atoms with E-state index in [4.69, 9.17) is 0 Å². The van der Waals surface area contributed by atoms with Crippen LogP contribution in [-0.4, -0.2) is 12.9 Å². The van der Waals surface area contributed by atoms with Crippen LogP contribution in [0.25, 0.3) is 0 Å². The molecule has 0 aromatic heterocycles. The van der Waals surface area contributed by atoms with Crippen LogP contribution in [0.15, 0.2) is 22.7 Å². The summed E-state index contributed by atoms with van der Waals surface area (Å²) in [5.74, 6) is -0.120. The molecule has 19 heavy (non-hydrogen) atoms. The molecule has 0 bridgehead atoms. The fourth-order valence-electron chi connectivity index (χ4n) is 2.13. The standard InChI is InChI=1S/C12H13BrF3NO.ClH/c13-8-4-5-11(18-12(14,15)16)9(7-8)10-3-1-2-6-17-10;/h4-5,7,10,17H,1-3,6H2;1H/t10-;/m0./s1. The minimum Gasteiger partial charge on any atom is -0.405 e. The van der Waals surface area contributed by atoms with Crippen molar-refractivity contribution in [1.82, 2.24) is 5.32 Å². The lowest BCUT2D eigenvalue weighted by atomic mass is 9.97. The van der Waals surface area contributed by atoms with Crippen LogP contribution in [0, 0.1) is 0 Å². The van der Waals surface area contributed by atoms with Crippen molar-refractivity contribution in [3.05, 3.63) is 28.2 Å². The Morgan fingerprint density at radius 3 is 2.58 bits per heavy atom. The van der Waals surface area contributed by atoms with E-state index in [0.29, 0.717) is 5.56 Å². The maximum absolute atomic E-state index is 12.3. The molecule has 1 N–H and O–H groups in total. The lowest BCUT2D eigenvalue weighted by Crippen LogP contribution is -2.28. The fourth-order valence-corrected chi connectivity index (χ4v) is 2.51. The summed E-state index contributed by atoms with van der Waals surface area (Å²) in [6.07, 6.45) is -1.77. The topological polar surface area (TPSA) is 21.3 Å². The third-order valence-corrected chi connectivity index (χ3v) is 3.38. The number of hydrogen-bond donors (Lipinski definition) is 1. The van der Waals surface area contributed by atoms with Crippen LogP contribution in [0.1, 0.15) is 30.9 Å². The van der Waals surface area contributed by atoms with Crippen LogP contribution in [0.3, 0.4) is 0 Å². The summed E-state index contributed by atoms with van der Waals surface area (Å²) in [5, 5.41) is 3.22. The van der Waals surface area contributed by atoms with Gasteiger partial charge in [0.05, 0.1) is 0 Å². The minimum atomic E-state index is -4.66. The molecule has 7 heteroatoms. The first kappa shape index (κ1) is 16.6. The average Bonchev–Trinajstić information content (AvgIpc) is 2.31. The Labute approximate surface area is 124 Å². The molecule has 1 aliphatic rings. The van der Waals surface area contributed by atoms with Crippen molar-refractivity contribution in [3.8, 4) is 5.75 Å². The van der Waals surface area contributed by atoms with E-state index in [9.17, 15) is 13.2 Å². The summed E-state index contributed by atoms with van der Waals surface area (Å²) in [7, 11) is 0. The summed E-state index contributed by atoms with van der Waals surface area (Å²) in [5.41, 5.74) is 0.557. The molecular weight excluding hydrogens is 346 g/mol. The largest absolute Gasteiger partial charge is 0.573 e. The monoisotopic (exact) mass is 359 g/mol. The number of ether oxygens (including phenoxy) is 1. The molecule has 1 fully saturated rings. The molecule has 1 atom stereocenters. The number of halogens is 5. The van der Waals surface area contributed by atoms with Gasteiger partial charge in [0.1, 0.15) is 5.75 Å². The molecule has 1 aromatic carbocycles. The van der Waals surface area contributed by atoms with Crippen molar-refractivity contribution in [1.29, 1.82) is 0 Å². The van der Waals surface area contributed by atoms with Crippen molar-refractivity contribution < 1.29 is 17.9 Å². The SMILES string of the molecule is Cl.FC(F)(F)Oc1ccc(Br)cc1[C@@H]1CCCCN1. The van der Waals surface area contributed by atoms with E-state index >= 15 is 0 Å². The van der Waals surface area contributed by atoms with Gasteiger partial charge in [-0.1, -0.05) is 22.4 Å². The van der Waals surface area contributed by atoms with E-state index in [1.165, 1.54) is 6.07 Å². The van der Waals surface area contributed by atoms with Gasteiger partial charge in [-0.2, -0.15) is 0 Å². The summed E-state index contributed by atoms with van der Waals surface area (Å²) in [4.78, 5) is 0. The first-order valence-corrected chi connectivity index (χ1v) is 6.53. The van der Waals surface area contributed by atoms with E-state index in [1.807, 2.05) is 0 Å². The first-order valence-electron chi connectivity index (χ1n) is 5.74. The molecule has 1 heterocycles. The molecule has 2 rings (SSSR count). The highest BCUT2D eigenvalue weighted by molar-refractivity contribution is 9.10. The Morgan fingerprint density at radius 1 is 1.26 bits per heavy atom. The molecule has 1 saturated heterocycles. The van der Waals surface area contributed by atoms with Gasteiger partial charge in [-0.25, -0.2) is 0 Å². The third kappa shape index (κ3) is 4.85. The zero-order chi connectivity index (χ0) is 13.2. The van der Waals surface area contributed by atoms with Crippen molar-refractivity contribution >= 4 is 28.3 Å². The maximum atomic E-state index is 12.3. The summed E-state index contributed by atoms with van der Waals surface area (Å²) >= 11 is 3.28. The quantitative estimate of drug-likeness (QED) is 0.833. The van der Waals surface area contributed by atoms with Gasteiger partial charge in [-0.15, -0.1) is 25.6 Å². The lowest BCUT2D eigenvalue weighted by Gasteiger charge is -2.26. The Bertz CT molecular complexity index is 422. The van der Waals surface area contributed by atoms with Gasteiger partial charge in [0.15, 0.2) is 0 Å². The van der Waals surface area contributed by atoms with E-state index in [0.717, 1.165) is 30.3 Å². The average molecular weight is 361 g/mol. The number of rotatable bonds is 2. The zero-order valence-corrected chi connectivity index (χ0v) is 12.4. The molecule has 0 spiro atoms. The summed E-state index contributed by atoms with van der Waals surface area (Å²) in [6.45, 7) is 0.822. The van der Waals surface area contributed by atoms with E-state index in [-0.39, 0.29) is 24.2 Å². The number of piperidine rings is 1. The van der Waals surface area contributed by atoms with Gasteiger partial charge in [0.25, 0.3) is 0 Å². The lowest BCUT2D eigenvalue weighted by molar-refractivity contribution is -0.275. The number of alkyl halides is 3. The number of benzene rings is 1. The second-order valence-electron chi connectivity index (χ2n) is 4.23. The first-order chi connectivity index (χ1) is 8.46. The van der Waals surface area contributed by atoms with E-state index in [2.05, 4.69) is 26.0 Å². The summed E-state index contributed by atoms with van der Waals surface area (Å²) < 4.78 is 41.8. The van der Waals surface area contributed by atoms with Crippen LogP contribution in [0.5, 0.6) is 5.75 Å². The van der Waals surface area contributed by atoms with E-state index < -0.39 is 6.36 Å². The molecule has 108 valence electrons. The highest BCUT2D eigenvalue weighted by Crippen LogP contribution is 2.35. The van der Waals surface area contributed by atoms with Crippen molar-refractivity contribution in [3.63, 3.8) is 0 Å². The summed E-state index contributed by atoms with van der Waals surface area (Å²) in [6, 6.07) is 4.51. The van der Waals surface area contributed by atoms with Crippen molar-refractivity contribution in [2.45, 2.75) is 31.7 Å². The van der Waals surface area contributed by atoms with Crippen LogP contribution < -0.4 is 10.1 Å². The molecule has 1 aliphatic heterocycles. The van der Waals surface area contributed by atoms with E-state index in [1.54, 1.807) is 12.1 Å². The van der Waals surface area contributed by atoms with Crippen LogP contribution in [-0.2, 0) is 0 Å². The maximum Gasteiger partial charge on any atom is 0.573 e. The Balaban J connectivity index is 0.00000180. The zero-order valence-electron chi connectivity index (χ0n) is 9.97. The van der Waals surface area contributed by atoms with Gasteiger partial charge in [-0.05, 0) is 37.6 Å². The van der Waals surface area contributed by atoms with Crippen molar-refractivity contribution in [2.24, 2.45) is 0 Å². The van der Waals surface area contributed by atoms with Gasteiger partial charge in [0.2, 0.25) is 0 Å². The van der Waals surface area contributed by atoms with Crippen LogP contribution in [0.4, 0.5) is 13.2 Å². The normalized spacial score (nSPS) is 19.7. The Morgan fingerprint density at radius 2 is 2.00 bits per heavy atom. The van der Waals surface area contributed by atoms with Gasteiger partial charge < -0.3 is 10.1 Å². The molecule has 0 aliphatic carbocycles. The highest BCUT2D eigenvalue weighted by Gasteiger charge is 2.33. The Kier molecular flexibility index (Phi) is 5.95. The molecule has 0 saturated carbocycles. The molecule has 2 nitrogen and oxygen atoms in total. The molecule has 1 aromatic rings. The molecule has 0 amide bonds. The molecular formula is C12H14BrClF3NO. The number of nitrogens with one attached hydrogen (secondary N) is 1. The predicted octanol–water partition coefficient (Wildman–Crippen LogP) is 4.58. The third-order valence-electron chi connectivity index (χ3n) is 2.88. The number of hydrogen-bond acceptors (Lipinski definition) is 2. The molecule has 0 unspecified atom stereocenters. The fraction of sp³-hybridized carbons (Fsp3) is 0.500. The van der Waals surface area contributed by atoms with Gasteiger partial charge >= 0.3 is 6.36 Å². The van der Waals surface area contributed by atoms with Gasteiger partial charge in [0, 0.05) is 16.1 Å². The second-order valence-corrected chi connectivity index (χ2v) is 5.15. The second kappa shape index (κ2) is 6.81. The van der Waals surface area contributed by atoms with Gasteiger partial charge in [-0.3, -0.25) is 0 Å². The van der Waals surface area contributed by atoms with Crippen molar-refractivity contribution in [2.75, 3.05) is 6.54 Å². The smallest absolute Gasteiger partial charge is 0.405 e. The van der Waals surface area contributed by atoms with Crippen LogP contribution >= 0.6 is 28.3 Å². The highest BCUT2D eigenvalue weighted by atomic mass is 79.9.